The van der Waals surface area contributed by atoms with Crippen LogP contribution in [0.2, 0.25) is 0 Å². The van der Waals surface area contributed by atoms with Gasteiger partial charge in [0.15, 0.2) is 17.5 Å². The molecule has 16 rings (SSSR count). The summed E-state index contributed by atoms with van der Waals surface area (Å²) in [6.07, 6.45) is 0. The number of benzene rings is 11. The molecule has 1 spiro atoms. The minimum absolute atomic E-state index is 0.470. The Labute approximate surface area is 432 Å². The van der Waals surface area contributed by atoms with E-state index in [2.05, 4.69) is 241 Å². The summed E-state index contributed by atoms with van der Waals surface area (Å²) in [5, 5.41) is 4.35. The van der Waals surface area contributed by atoms with Crippen LogP contribution in [-0.2, 0) is 5.41 Å². The summed E-state index contributed by atoms with van der Waals surface area (Å²) in [5.41, 5.74) is 21.9. The molecule has 3 aromatic heterocycles. The maximum absolute atomic E-state index is 6.79. The Bertz CT molecular complexity index is 4520. The van der Waals surface area contributed by atoms with Gasteiger partial charge in [-0.15, -0.1) is 0 Å². The first-order valence-electron chi connectivity index (χ1n) is 25.6. The van der Waals surface area contributed by atoms with Crippen molar-refractivity contribution in [3.8, 4) is 84.4 Å². The number of fused-ring (bicyclic) bond motifs is 17. The highest BCUT2D eigenvalue weighted by molar-refractivity contribution is 6.18. The maximum atomic E-state index is 6.79. The zero-order valence-corrected chi connectivity index (χ0v) is 40.4. The van der Waals surface area contributed by atoms with Gasteiger partial charge in [-0.2, -0.15) is 0 Å². The molecule has 0 radical (unpaired) electrons. The van der Waals surface area contributed by atoms with Crippen LogP contribution in [0.1, 0.15) is 22.3 Å². The summed E-state index contributed by atoms with van der Waals surface area (Å²) in [6, 6.07) is 91.5. The molecule has 5 heteroatoms. The second kappa shape index (κ2) is 16.0. The van der Waals surface area contributed by atoms with Gasteiger partial charge in [-0.05, 0) is 104 Å². The standard InChI is InChI=1S/C70H42N4O/c1-3-18-43(19-4-1)45-22-15-24-47(40-45)67-71-68(48-25-16-23-46(41-48)44-20-5-2-6-21-44)73-69(72-67)55-30-17-35-63-64(55)56-42-49(36-39-62(56)75-63)74-61-34-14-10-28-52(61)53-37-38-60-65(66(53)74)54-29-9-13-33-59(54)70(60)57-31-11-7-26-50(57)51-27-8-12-32-58(51)70/h1-42H. The van der Waals surface area contributed by atoms with Crippen LogP contribution in [0, 0.1) is 0 Å². The highest BCUT2D eigenvalue weighted by Crippen LogP contribution is 2.64. The Morgan fingerprint density at radius 2 is 0.840 bits per heavy atom. The average molecular weight is 955 g/mol. The zero-order chi connectivity index (χ0) is 49.2. The number of para-hydroxylation sites is 1. The molecular weight excluding hydrogens is 913 g/mol. The molecule has 0 saturated heterocycles. The molecule has 0 amide bonds. The first-order chi connectivity index (χ1) is 37.2. The fourth-order valence-electron chi connectivity index (χ4n) is 12.7. The molecule has 2 aliphatic rings. The molecule has 0 bridgehead atoms. The highest BCUT2D eigenvalue weighted by atomic mass is 16.3. The van der Waals surface area contributed by atoms with Crippen molar-refractivity contribution in [1.82, 2.24) is 19.5 Å². The molecule has 0 saturated carbocycles. The van der Waals surface area contributed by atoms with E-state index >= 15 is 0 Å². The van der Waals surface area contributed by atoms with Gasteiger partial charge in [0.25, 0.3) is 0 Å². The molecule has 2 aliphatic carbocycles. The van der Waals surface area contributed by atoms with Crippen LogP contribution in [0.5, 0.6) is 0 Å². The van der Waals surface area contributed by atoms with E-state index in [-0.39, 0.29) is 0 Å². The fourth-order valence-corrected chi connectivity index (χ4v) is 12.7. The Morgan fingerprint density at radius 3 is 1.51 bits per heavy atom. The molecule has 348 valence electrons. The predicted molar refractivity (Wildman–Crippen MR) is 305 cm³/mol. The Hall–Kier alpha value is -9.97. The van der Waals surface area contributed by atoms with Crippen molar-refractivity contribution in [2.24, 2.45) is 0 Å². The van der Waals surface area contributed by atoms with Gasteiger partial charge in [0.1, 0.15) is 11.2 Å². The van der Waals surface area contributed by atoms with Gasteiger partial charge in [-0.3, -0.25) is 0 Å². The van der Waals surface area contributed by atoms with E-state index in [0.717, 1.165) is 72.1 Å². The van der Waals surface area contributed by atoms with E-state index in [1.165, 1.54) is 60.8 Å². The molecule has 11 aromatic carbocycles. The fraction of sp³-hybridized carbons (Fsp3) is 0.0143. The lowest BCUT2D eigenvalue weighted by Gasteiger charge is -2.30. The van der Waals surface area contributed by atoms with Gasteiger partial charge in [-0.25, -0.2) is 15.0 Å². The molecule has 75 heavy (non-hydrogen) atoms. The third-order valence-corrected chi connectivity index (χ3v) is 15.9. The van der Waals surface area contributed by atoms with Crippen molar-refractivity contribution in [1.29, 1.82) is 0 Å². The molecule has 5 nitrogen and oxygen atoms in total. The molecular formula is C70H42N4O. The number of rotatable bonds is 6. The first-order valence-corrected chi connectivity index (χ1v) is 25.6. The Kier molecular flexibility index (Phi) is 8.89. The average Bonchev–Trinajstić information content (AvgIpc) is 4.39. The summed E-state index contributed by atoms with van der Waals surface area (Å²) < 4.78 is 9.28. The van der Waals surface area contributed by atoms with Gasteiger partial charge in [0.05, 0.1) is 16.4 Å². The molecule has 14 aromatic rings. The van der Waals surface area contributed by atoms with Gasteiger partial charge in [0.2, 0.25) is 0 Å². The number of hydrogen-bond acceptors (Lipinski definition) is 4. The van der Waals surface area contributed by atoms with Crippen LogP contribution in [-0.4, -0.2) is 19.5 Å². The molecule has 0 fully saturated rings. The quantitative estimate of drug-likeness (QED) is 0.167. The van der Waals surface area contributed by atoms with E-state index in [1.807, 2.05) is 18.2 Å². The van der Waals surface area contributed by atoms with E-state index in [0.29, 0.717) is 17.5 Å². The minimum atomic E-state index is -0.470. The van der Waals surface area contributed by atoms with Crippen molar-refractivity contribution in [2.75, 3.05) is 0 Å². The third kappa shape index (κ3) is 6.04. The number of furan rings is 1. The lowest BCUT2D eigenvalue weighted by molar-refractivity contribution is 0.669. The van der Waals surface area contributed by atoms with E-state index in [9.17, 15) is 0 Å². The molecule has 0 unspecified atom stereocenters. The summed E-state index contributed by atoms with van der Waals surface area (Å²) in [4.78, 5) is 16.0. The van der Waals surface area contributed by atoms with Gasteiger partial charge in [-0.1, -0.05) is 212 Å². The van der Waals surface area contributed by atoms with Crippen LogP contribution < -0.4 is 0 Å². The van der Waals surface area contributed by atoms with Gasteiger partial charge >= 0.3 is 0 Å². The van der Waals surface area contributed by atoms with Crippen LogP contribution in [0.4, 0.5) is 0 Å². The van der Waals surface area contributed by atoms with Crippen molar-refractivity contribution in [2.45, 2.75) is 5.41 Å². The van der Waals surface area contributed by atoms with Gasteiger partial charge < -0.3 is 8.98 Å². The SMILES string of the molecule is c1ccc(-c2cccc(-c3nc(-c4cccc(-c5ccccc5)c4)nc(-c4cccc5oc6ccc(-n7c8ccccc8c8ccc9c(c87)-c7ccccc7C97c8ccccc8-c8ccccc87)cc6c45)n3)c2)cc1. The van der Waals surface area contributed by atoms with Crippen molar-refractivity contribution in [3.63, 3.8) is 0 Å². The van der Waals surface area contributed by atoms with Crippen molar-refractivity contribution >= 4 is 43.7 Å². The zero-order valence-electron chi connectivity index (χ0n) is 40.4. The number of nitrogens with zero attached hydrogens (tertiary/aromatic N) is 4. The van der Waals surface area contributed by atoms with Crippen LogP contribution in [0.15, 0.2) is 259 Å². The predicted octanol–water partition coefficient (Wildman–Crippen LogP) is 17.5. The maximum Gasteiger partial charge on any atom is 0.164 e. The summed E-state index contributed by atoms with van der Waals surface area (Å²) in [7, 11) is 0. The third-order valence-electron chi connectivity index (χ3n) is 15.9. The van der Waals surface area contributed by atoms with E-state index < -0.39 is 5.41 Å². The van der Waals surface area contributed by atoms with Crippen LogP contribution >= 0.6 is 0 Å². The molecule has 3 heterocycles. The number of hydrogen-bond donors (Lipinski definition) is 0. The number of aromatic nitrogens is 4. The van der Waals surface area contributed by atoms with Crippen molar-refractivity contribution < 1.29 is 4.42 Å². The lowest BCUT2D eigenvalue weighted by atomic mass is 9.70. The normalized spacial score (nSPS) is 12.9. The van der Waals surface area contributed by atoms with Crippen LogP contribution in [0.25, 0.3) is 128 Å². The van der Waals surface area contributed by atoms with Crippen molar-refractivity contribution in [3.05, 3.63) is 277 Å². The first kappa shape index (κ1) is 41.6. The molecule has 0 N–H and O–H groups in total. The summed E-state index contributed by atoms with van der Waals surface area (Å²) >= 11 is 0. The minimum Gasteiger partial charge on any atom is -0.456 e. The second-order valence-electron chi connectivity index (χ2n) is 19.8. The Morgan fingerprint density at radius 1 is 0.320 bits per heavy atom. The largest absolute Gasteiger partial charge is 0.456 e. The molecule has 0 atom stereocenters. The van der Waals surface area contributed by atoms with Gasteiger partial charge in [0, 0.05) is 49.5 Å². The monoisotopic (exact) mass is 954 g/mol. The van der Waals surface area contributed by atoms with E-state index in [4.69, 9.17) is 19.4 Å². The Balaban J connectivity index is 0.931. The summed E-state index contributed by atoms with van der Waals surface area (Å²) in [5.74, 6) is 1.75. The topological polar surface area (TPSA) is 56.7 Å². The smallest absolute Gasteiger partial charge is 0.164 e. The second-order valence-corrected chi connectivity index (χ2v) is 19.8. The van der Waals surface area contributed by atoms with E-state index in [1.54, 1.807) is 0 Å². The van der Waals surface area contributed by atoms with Crippen LogP contribution in [0.3, 0.4) is 0 Å². The lowest BCUT2D eigenvalue weighted by Crippen LogP contribution is -2.25. The molecule has 0 aliphatic heterocycles. The highest BCUT2D eigenvalue weighted by Gasteiger charge is 2.52. The summed E-state index contributed by atoms with van der Waals surface area (Å²) in [6.45, 7) is 0.